The van der Waals surface area contributed by atoms with Gasteiger partial charge in [-0.1, -0.05) is 104 Å². The minimum atomic E-state index is 0.0674. The van der Waals surface area contributed by atoms with Crippen LogP contribution in [0.3, 0.4) is 0 Å². The molecular weight excluding hydrogens is 556 g/mol. The van der Waals surface area contributed by atoms with Crippen molar-refractivity contribution in [3.8, 4) is 0 Å². The van der Waals surface area contributed by atoms with Crippen LogP contribution in [0, 0.1) is 11.3 Å². The third-order valence-electron chi connectivity index (χ3n) is 10.9. The highest BCUT2D eigenvalue weighted by Crippen LogP contribution is 2.56. The SMILES string of the molecule is C=C(/C=c1/cccc/c1=C/C)N(C1=CCC2C(=C1)C(C)(C)C1=C2C=CCC1)c1ccc2c(c1)c1c(n2C2=CC=CCC2)CCC=C1. The van der Waals surface area contributed by atoms with Gasteiger partial charge in [0.2, 0.25) is 0 Å². The van der Waals surface area contributed by atoms with Gasteiger partial charge in [-0.3, -0.25) is 0 Å². The van der Waals surface area contributed by atoms with Gasteiger partial charge in [-0.2, -0.15) is 0 Å². The van der Waals surface area contributed by atoms with Gasteiger partial charge in [0.25, 0.3) is 0 Å². The average Bonchev–Trinajstić information content (AvgIpc) is 3.54. The van der Waals surface area contributed by atoms with E-state index in [4.69, 9.17) is 6.58 Å². The van der Waals surface area contributed by atoms with Crippen LogP contribution >= 0.6 is 0 Å². The molecule has 2 heteroatoms. The number of fused-ring (bicyclic) bond motifs is 5. The summed E-state index contributed by atoms with van der Waals surface area (Å²) >= 11 is 0. The number of nitrogens with zero attached hydrogens (tertiary/aromatic N) is 2. The summed E-state index contributed by atoms with van der Waals surface area (Å²) in [7, 11) is 0. The van der Waals surface area contributed by atoms with Crippen molar-refractivity contribution in [1.82, 2.24) is 4.57 Å². The van der Waals surface area contributed by atoms with E-state index in [1.807, 2.05) is 0 Å². The molecule has 3 aromatic rings. The Morgan fingerprint density at radius 2 is 1.76 bits per heavy atom. The van der Waals surface area contributed by atoms with Gasteiger partial charge in [-0.15, -0.1) is 0 Å². The van der Waals surface area contributed by atoms with E-state index in [-0.39, 0.29) is 5.41 Å². The van der Waals surface area contributed by atoms with Gasteiger partial charge in [0.05, 0.1) is 5.52 Å². The molecule has 0 aliphatic heterocycles. The molecule has 0 radical (unpaired) electrons. The van der Waals surface area contributed by atoms with Crippen LogP contribution in [0.15, 0.2) is 126 Å². The molecule has 2 aromatic carbocycles. The Labute approximate surface area is 273 Å². The monoisotopic (exact) mass is 600 g/mol. The van der Waals surface area contributed by atoms with E-state index < -0.39 is 0 Å². The maximum absolute atomic E-state index is 4.75. The molecule has 2 nitrogen and oxygen atoms in total. The summed E-state index contributed by atoms with van der Waals surface area (Å²) in [5.74, 6) is 0.478. The summed E-state index contributed by atoms with van der Waals surface area (Å²) in [4.78, 5) is 2.41. The summed E-state index contributed by atoms with van der Waals surface area (Å²) in [5.41, 5.74) is 13.7. The summed E-state index contributed by atoms with van der Waals surface area (Å²) < 4.78 is 2.55. The molecule has 0 bridgehead atoms. The van der Waals surface area contributed by atoms with Crippen LogP contribution in [0.4, 0.5) is 5.69 Å². The number of hydrogen-bond acceptors (Lipinski definition) is 1. The van der Waals surface area contributed by atoms with E-state index in [2.05, 4.69) is 140 Å². The standard InChI is InChI=1S/C44H44N2/c1-5-31-15-9-10-16-32(31)27-30(2)45(35-23-25-37-36-19-11-13-21-40(36)44(3,4)41(37)29-35)34-24-26-43-39(28-34)38-20-12-14-22-42(38)46(43)33-17-7-6-8-18-33/h5-7,9-12,15-17,19-20,23-24,26-29,37H,2,8,13-14,18,21-22,25H2,1,3-4H3/b31-5-,32-27-. The molecule has 0 amide bonds. The van der Waals surface area contributed by atoms with Crippen LogP contribution in [-0.2, 0) is 6.42 Å². The second-order valence-corrected chi connectivity index (χ2v) is 13.9. The number of hydrogen-bond donors (Lipinski definition) is 0. The van der Waals surface area contributed by atoms with E-state index in [0.717, 1.165) is 49.9 Å². The van der Waals surface area contributed by atoms with E-state index >= 15 is 0 Å². The van der Waals surface area contributed by atoms with Crippen molar-refractivity contribution < 1.29 is 0 Å². The fourth-order valence-electron chi connectivity index (χ4n) is 8.69. The highest BCUT2D eigenvalue weighted by molar-refractivity contribution is 5.97. The van der Waals surface area contributed by atoms with Gasteiger partial charge < -0.3 is 9.47 Å². The van der Waals surface area contributed by atoms with Crippen LogP contribution in [0.25, 0.3) is 34.8 Å². The Morgan fingerprint density at radius 1 is 0.957 bits per heavy atom. The number of benzene rings is 2. The smallest absolute Gasteiger partial charge is 0.0536 e. The van der Waals surface area contributed by atoms with E-state index in [1.54, 1.807) is 16.7 Å². The molecule has 0 saturated heterocycles. The lowest BCUT2D eigenvalue weighted by Gasteiger charge is -2.34. The molecule has 5 aliphatic carbocycles. The van der Waals surface area contributed by atoms with Crippen molar-refractivity contribution in [2.24, 2.45) is 11.3 Å². The molecule has 1 aromatic heterocycles. The summed E-state index contributed by atoms with van der Waals surface area (Å²) in [6, 6.07) is 15.7. The normalized spacial score (nSPS) is 22.0. The average molecular weight is 601 g/mol. The summed E-state index contributed by atoms with van der Waals surface area (Å²) in [6.45, 7) is 11.7. The molecule has 0 spiro atoms. The van der Waals surface area contributed by atoms with Gasteiger partial charge in [0.1, 0.15) is 0 Å². The molecule has 5 aliphatic rings. The maximum Gasteiger partial charge on any atom is 0.0536 e. The lowest BCUT2D eigenvalue weighted by atomic mass is 9.76. The quantitative estimate of drug-likeness (QED) is 0.283. The van der Waals surface area contributed by atoms with Crippen molar-refractivity contribution >= 4 is 40.5 Å². The molecule has 0 N–H and O–H groups in total. The first-order valence-corrected chi connectivity index (χ1v) is 17.2. The van der Waals surface area contributed by atoms with Gasteiger partial charge in [-0.05, 0) is 104 Å². The number of anilines is 1. The van der Waals surface area contributed by atoms with Crippen LogP contribution in [0.2, 0.25) is 0 Å². The Morgan fingerprint density at radius 3 is 2.59 bits per heavy atom. The van der Waals surface area contributed by atoms with E-state index in [1.165, 1.54) is 50.4 Å². The first-order valence-electron chi connectivity index (χ1n) is 17.2. The van der Waals surface area contributed by atoms with E-state index in [0.29, 0.717) is 5.92 Å². The largest absolute Gasteiger partial charge is 0.317 e. The second kappa shape index (κ2) is 11.4. The molecule has 0 saturated carbocycles. The van der Waals surface area contributed by atoms with Crippen molar-refractivity contribution in [3.63, 3.8) is 0 Å². The van der Waals surface area contributed by atoms with Gasteiger partial charge in [0, 0.05) is 50.8 Å². The molecule has 1 heterocycles. The van der Waals surface area contributed by atoms with Crippen molar-refractivity contribution in [1.29, 1.82) is 0 Å². The fourth-order valence-corrected chi connectivity index (χ4v) is 8.69. The molecule has 0 fully saturated rings. The van der Waals surface area contributed by atoms with E-state index in [9.17, 15) is 0 Å². The number of rotatable bonds is 5. The van der Waals surface area contributed by atoms with Crippen LogP contribution in [0.1, 0.15) is 70.6 Å². The third-order valence-corrected chi connectivity index (χ3v) is 10.9. The Balaban J connectivity index is 1.30. The molecular formula is C44H44N2. The van der Waals surface area contributed by atoms with Crippen LogP contribution in [-0.4, -0.2) is 4.57 Å². The first kappa shape index (κ1) is 28.9. The maximum atomic E-state index is 4.75. The lowest BCUT2D eigenvalue weighted by Crippen LogP contribution is -2.28. The second-order valence-electron chi connectivity index (χ2n) is 13.9. The number of allylic oxidation sites excluding steroid dienone is 13. The zero-order chi connectivity index (χ0) is 31.4. The van der Waals surface area contributed by atoms with Gasteiger partial charge >= 0.3 is 0 Å². The summed E-state index contributed by atoms with van der Waals surface area (Å²) in [6.07, 6.45) is 33.4. The van der Waals surface area contributed by atoms with Gasteiger partial charge in [-0.25, -0.2) is 0 Å². The molecule has 46 heavy (non-hydrogen) atoms. The molecule has 230 valence electrons. The Hall–Kier alpha value is -4.56. The summed E-state index contributed by atoms with van der Waals surface area (Å²) in [5, 5.41) is 3.74. The Bertz CT molecular complexity index is 2130. The fraction of sp³-hybridized carbons (Fsp3) is 0.273. The van der Waals surface area contributed by atoms with Crippen LogP contribution in [0.5, 0.6) is 0 Å². The van der Waals surface area contributed by atoms with Crippen molar-refractivity contribution in [2.75, 3.05) is 4.90 Å². The highest BCUT2D eigenvalue weighted by atomic mass is 15.2. The zero-order valence-corrected chi connectivity index (χ0v) is 27.5. The molecule has 1 unspecified atom stereocenters. The topological polar surface area (TPSA) is 8.17 Å². The minimum Gasteiger partial charge on any atom is -0.317 e. The molecule has 1 atom stereocenters. The van der Waals surface area contributed by atoms with Gasteiger partial charge in [0.15, 0.2) is 0 Å². The van der Waals surface area contributed by atoms with Crippen molar-refractivity contribution in [2.45, 2.75) is 65.7 Å². The Kier molecular flexibility index (Phi) is 7.13. The molecule has 8 rings (SSSR count). The highest BCUT2D eigenvalue weighted by Gasteiger charge is 2.44. The minimum absolute atomic E-state index is 0.0674. The zero-order valence-electron chi connectivity index (χ0n) is 27.5. The predicted molar refractivity (Wildman–Crippen MR) is 197 cm³/mol. The lowest BCUT2D eigenvalue weighted by molar-refractivity contribution is 0.504. The number of aromatic nitrogens is 1. The van der Waals surface area contributed by atoms with Crippen molar-refractivity contribution in [3.05, 3.63) is 147 Å². The first-order chi connectivity index (χ1) is 22.5. The predicted octanol–water partition coefficient (Wildman–Crippen LogP) is 9.91. The van der Waals surface area contributed by atoms with Crippen LogP contribution < -0.4 is 15.3 Å². The third kappa shape index (κ3) is 4.61.